The Labute approximate surface area is 163 Å². The van der Waals surface area contributed by atoms with Crippen molar-refractivity contribution >= 4 is 5.97 Å². The average molecular weight is 372 g/mol. The van der Waals surface area contributed by atoms with Crippen LogP contribution in [0.1, 0.15) is 11.1 Å². The molecular formula is C24H20O4. The van der Waals surface area contributed by atoms with Crippen LogP contribution in [-0.4, -0.2) is 24.3 Å². The zero-order chi connectivity index (χ0) is 19.5. The number of phenols is 1. The van der Waals surface area contributed by atoms with E-state index in [1.807, 2.05) is 12.1 Å². The van der Waals surface area contributed by atoms with E-state index in [9.17, 15) is 9.90 Å². The smallest absolute Gasteiger partial charge is 0.330 e. The molecule has 0 radical (unpaired) electrons. The lowest BCUT2D eigenvalue weighted by Crippen LogP contribution is -2.10. The van der Waals surface area contributed by atoms with Crippen LogP contribution in [0.3, 0.4) is 0 Å². The fourth-order valence-corrected chi connectivity index (χ4v) is 3.59. The highest BCUT2D eigenvalue weighted by molar-refractivity contribution is 5.85. The summed E-state index contributed by atoms with van der Waals surface area (Å²) in [5.41, 5.74) is 7.16. The lowest BCUT2D eigenvalue weighted by molar-refractivity contribution is -0.138. The monoisotopic (exact) mass is 372 g/mol. The third kappa shape index (κ3) is 3.37. The molecule has 3 aromatic rings. The molecule has 0 spiro atoms. The molecule has 0 bridgehead atoms. The van der Waals surface area contributed by atoms with Crippen LogP contribution >= 0.6 is 0 Å². The minimum atomic E-state index is -0.498. The molecule has 0 aliphatic heterocycles. The molecular weight excluding hydrogens is 352 g/mol. The topological polar surface area (TPSA) is 55.8 Å². The highest BCUT2D eigenvalue weighted by atomic mass is 16.6. The lowest BCUT2D eigenvalue weighted by Gasteiger charge is -2.12. The molecule has 0 heterocycles. The number of esters is 1. The Balaban J connectivity index is 1.54. The number of ether oxygens (including phenoxy) is 2. The third-order valence-corrected chi connectivity index (χ3v) is 4.87. The predicted molar refractivity (Wildman–Crippen MR) is 108 cm³/mol. The first kappa shape index (κ1) is 17.9. The van der Waals surface area contributed by atoms with Gasteiger partial charge in [0.25, 0.3) is 0 Å². The summed E-state index contributed by atoms with van der Waals surface area (Å²) < 4.78 is 10.4. The number of phenolic OH excluding ortho intramolecular Hbond substituents is 1. The number of rotatable bonds is 6. The van der Waals surface area contributed by atoms with Crippen LogP contribution in [0.2, 0.25) is 0 Å². The highest BCUT2D eigenvalue weighted by Gasteiger charge is 2.21. The molecule has 4 nitrogen and oxygen atoms in total. The van der Waals surface area contributed by atoms with Gasteiger partial charge in [0.05, 0.1) is 0 Å². The Bertz CT molecular complexity index is 1050. The molecule has 4 heteroatoms. The molecule has 3 aromatic carbocycles. The number of hydrogen-bond acceptors (Lipinski definition) is 4. The van der Waals surface area contributed by atoms with E-state index in [0.29, 0.717) is 5.75 Å². The van der Waals surface area contributed by atoms with Gasteiger partial charge in [0.2, 0.25) is 0 Å². The number of fused-ring (bicyclic) bond motifs is 3. The van der Waals surface area contributed by atoms with E-state index in [4.69, 9.17) is 9.47 Å². The van der Waals surface area contributed by atoms with Crippen LogP contribution in [-0.2, 0) is 16.0 Å². The number of aromatic hydroxyl groups is 1. The van der Waals surface area contributed by atoms with E-state index in [-0.39, 0.29) is 19.0 Å². The second-order valence-corrected chi connectivity index (χ2v) is 6.57. The van der Waals surface area contributed by atoms with Crippen molar-refractivity contribution in [2.24, 2.45) is 0 Å². The highest BCUT2D eigenvalue weighted by Crippen LogP contribution is 2.42. The molecule has 1 N–H and O–H groups in total. The maximum Gasteiger partial charge on any atom is 0.330 e. The Kier molecular flexibility index (Phi) is 4.85. The van der Waals surface area contributed by atoms with Gasteiger partial charge in [0, 0.05) is 6.08 Å². The van der Waals surface area contributed by atoms with E-state index in [0.717, 1.165) is 23.6 Å². The SMILES string of the molecule is C=CC(=O)OCCOc1ccc(-c2cccc3c2Cc2ccccc2-3)cc1O. The van der Waals surface area contributed by atoms with Crippen molar-refractivity contribution < 1.29 is 19.4 Å². The number of carbonyl (C=O) groups is 1. The number of benzene rings is 3. The quantitative estimate of drug-likeness (QED) is 0.302. The minimum Gasteiger partial charge on any atom is -0.504 e. The molecule has 0 saturated carbocycles. The summed E-state index contributed by atoms with van der Waals surface area (Å²) in [5.74, 6) is -0.0861. The van der Waals surface area contributed by atoms with Crippen molar-refractivity contribution in [3.63, 3.8) is 0 Å². The zero-order valence-corrected chi connectivity index (χ0v) is 15.4. The van der Waals surface area contributed by atoms with E-state index < -0.39 is 5.97 Å². The second kappa shape index (κ2) is 7.61. The molecule has 28 heavy (non-hydrogen) atoms. The van der Waals surface area contributed by atoms with Gasteiger partial charge in [-0.15, -0.1) is 0 Å². The van der Waals surface area contributed by atoms with Crippen LogP contribution in [0.15, 0.2) is 73.3 Å². The third-order valence-electron chi connectivity index (χ3n) is 4.87. The van der Waals surface area contributed by atoms with Crippen LogP contribution < -0.4 is 4.74 Å². The average Bonchev–Trinajstić information content (AvgIpc) is 3.10. The summed E-state index contributed by atoms with van der Waals surface area (Å²) in [7, 11) is 0. The van der Waals surface area contributed by atoms with Gasteiger partial charge >= 0.3 is 5.97 Å². The Hall–Kier alpha value is -3.53. The molecule has 0 atom stereocenters. The van der Waals surface area contributed by atoms with Crippen molar-refractivity contribution in [1.29, 1.82) is 0 Å². The van der Waals surface area contributed by atoms with Crippen molar-refractivity contribution in [3.05, 3.63) is 84.4 Å². The van der Waals surface area contributed by atoms with Gasteiger partial charge in [-0.1, -0.05) is 55.1 Å². The fraction of sp³-hybridized carbons (Fsp3) is 0.125. The molecule has 140 valence electrons. The standard InChI is InChI=1S/C24H20O4/c1-2-24(26)28-13-12-27-23-11-10-17(15-22(23)25)19-8-5-9-20-18-7-4-3-6-16(18)14-21(19)20/h2-11,15,25H,1,12-14H2. The summed E-state index contributed by atoms with van der Waals surface area (Å²) in [6, 6.07) is 20.1. The maximum atomic E-state index is 11.0. The van der Waals surface area contributed by atoms with Gasteiger partial charge in [-0.2, -0.15) is 0 Å². The van der Waals surface area contributed by atoms with E-state index >= 15 is 0 Å². The van der Waals surface area contributed by atoms with Gasteiger partial charge in [0.15, 0.2) is 11.5 Å². The van der Waals surface area contributed by atoms with Gasteiger partial charge < -0.3 is 14.6 Å². The molecule has 4 rings (SSSR count). The summed E-state index contributed by atoms with van der Waals surface area (Å²) in [4.78, 5) is 11.0. The number of carbonyl (C=O) groups excluding carboxylic acids is 1. The van der Waals surface area contributed by atoms with Crippen LogP contribution in [0.5, 0.6) is 11.5 Å². The summed E-state index contributed by atoms with van der Waals surface area (Å²) in [6.45, 7) is 3.58. The predicted octanol–water partition coefficient (Wildman–Crippen LogP) is 4.74. The molecule has 0 fully saturated rings. The first-order chi connectivity index (χ1) is 13.7. The van der Waals surface area contributed by atoms with Crippen molar-refractivity contribution in [1.82, 2.24) is 0 Å². The zero-order valence-electron chi connectivity index (χ0n) is 15.4. The van der Waals surface area contributed by atoms with Crippen molar-refractivity contribution in [2.45, 2.75) is 6.42 Å². The van der Waals surface area contributed by atoms with Gasteiger partial charge in [-0.05, 0) is 51.9 Å². The molecule has 0 amide bonds. The summed E-state index contributed by atoms with van der Waals surface area (Å²) in [5, 5.41) is 10.4. The molecule has 1 aliphatic rings. The van der Waals surface area contributed by atoms with Gasteiger partial charge in [-0.25, -0.2) is 4.79 Å². The Morgan fingerprint density at radius 1 is 1.00 bits per heavy atom. The lowest BCUT2D eigenvalue weighted by atomic mass is 9.95. The normalized spacial score (nSPS) is 11.4. The van der Waals surface area contributed by atoms with Crippen molar-refractivity contribution in [3.8, 4) is 33.8 Å². The van der Waals surface area contributed by atoms with E-state index in [1.165, 1.54) is 22.3 Å². The van der Waals surface area contributed by atoms with Crippen molar-refractivity contribution in [2.75, 3.05) is 13.2 Å². The van der Waals surface area contributed by atoms with Crippen LogP contribution in [0, 0.1) is 0 Å². The fourth-order valence-electron chi connectivity index (χ4n) is 3.59. The van der Waals surface area contributed by atoms with E-state index in [1.54, 1.807) is 12.1 Å². The maximum absolute atomic E-state index is 11.0. The van der Waals surface area contributed by atoms with E-state index in [2.05, 4.69) is 43.0 Å². The van der Waals surface area contributed by atoms with Gasteiger partial charge in [-0.3, -0.25) is 0 Å². The number of hydrogen-bond donors (Lipinski definition) is 1. The first-order valence-electron chi connectivity index (χ1n) is 9.13. The molecule has 0 unspecified atom stereocenters. The molecule has 0 saturated heterocycles. The minimum absolute atomic E-state index is 0.0562. The molecule has 0 aromatic heterocycles. The first-order valence-corrected chi connectivity index (χ1v) is 9.13. The molecule has 1 aliphatic carbocycles. The summed E-state index contributed by atoms with van der Waals surface area (Å²) in [6.07, 6.45) is 1.98. The Morgan fingerprint density at radius 2 is 1.79 bits per heavy atom. The Morgan fingerprint density at radius 3 is 2.61 bits per heavy atom. The largest absolute Gasteiger partial charge is 0.504 e. The van der Waals surface area contributed by atoms with Crippen LogP contribution in [0.4, 0.5) is 0 Å². The van der Waals surface area contributed by atoms with Crippen LogP contribution in [0.25, 0.3) is 22.3 Å². The second-order valence-electron chi connectivity index (χ2n) is 6.57. The van der Waals surface area contributed by atoms with Gasteiger partial charge in [0.1, 0.15) is 13.2 Å². The summed E-state index contributed by atoms with van der Waals surface area (Å²) >= 11 is 0.